The highest BCUT2D eigenvalue weighted by molar-refractivity contribution is 5.89. The first kappa shape index (κ1) is 16.2. The van der Waals surface area contributed by atoms with Crippen molar-refractivity contribution in [3.05, 3.63) is 35.4 Å². The molecule has 1 aromatic rings. The summed E-state index contributed by atoms with van der Waals surface area (Å²) < 4.78 is 5.81. The predicted octanol–water partition coefficient (Wildman–Crippen LogP) is 2.47. The van der Waals surface area contributed by atoms with Crippen molar-refractivity contribution in [1.82, 2.24) is 5.43 Å². The molecule has 0 spiro atoms. The summed E-state index contributed by atoms with van der Waals surface area (Å²) in [5, 5.41) is 4.02. The summed E-state index contributed by atoms with van der Waals surface area (Å²) in [7, 11) is 0. The zero-order valence-corrected chi connectivity index (χ0v) is 12.9. The molecule has 118 valence electrons. The molecular weight excluding hydrogens is 278 g/mol. The second kappa shape index (κ2) is 8.34. The summed E-state index contributed by atoms with van der Waals surface area (Å²) in [6.45, 7) is 2.63. The van der Waals surface area contributed by atoms with E-state index in [0.717, 1.165) is 36.1 Å². The molecule has 0 unspecified atom stereocenters. The Hall–Kier alpha value is -2.14. The Morgan fingerprint density at radius 1 is 1.36 bits per heavy atom. The second-order valence-corrected chi connectivity index (χ2v) is 5.33. The van der Waals surface area contributed by atoms with E-state index in [-0.39, 0.29) is 12.0 Å². The number of carbonyl (C=O) groups excluding carboxylic acids is 1. The van der Waals surface area contributed by atoms with Gasteiger partial charge in [0.2, 0.25) is 5.91 Å². The third-order valence-corrected chi connectivity index (χ3v) is 3.53. The number of carbonyl (C=O) groups is 1. The third-order valence-electron chi connectivity index (χ3n) is 3.53. The van der Waals surface area contributed by atoms with Crippen LogP contribution in [0.1, 0.15) is 38.2 Å². The van der Waals surface area contributed by atoms with E-state index in [1.807, 2.05) is 37.3 Å². The van der Waals surface area contributed by atoms with Gasteiger partial charge in [0.15, 0.2) is 0 Å². The van der Waals surface area contributed by atoms with E-state index in [4.69, 9.17) is 10.5 Å². The highest BCUT2D eigenvalue weighted by Gasteiger charge is 2.16. The quantitative estimate of drug-likeness (QED) is 0.461. The number of fused-ring (bicyclic) bond motifs is 1. The van der Waals surface area contributed by atoms with Gasteiger partial charge in [-0.1, -0.05) is 24.6 Å². The summed E-state index contributed by atoms with van der Waals surface area (Å²) in [4.78, 5) is 11.6. The number of nitrogens with one attached hydrogen (secondary N) is 1. The molecule has 0 aromatic heterocycles. The zero-order chi connectivity index (χ0) is 15.8. The zero-order valence-electron chi connectivity index (χ0n) is 12.9. The van der Waals surface area contributed by atoms with Crippen molar-refractivity contribution in [2.24, 2.45) is 10.8 Å². The fourth-order valence-electron chi connectivity index (χ4n) is 2.25. The lowest BCUT2D eigenvalue weighted by atomic mass is 10.0. The molecule has 2 rings (SSSR count). The molecule has 1 heterocycles. The molecule has 1 atom stereocenters. The Labute approximate surface area is 131 Å². The van der Waals surface area contributed by atoms with Gasteiger partial charge in [-0.2, -0.15) is 5.10 Å². The standard InChI is InChI=1S/C17H23N3O2/c1-13-15(11-14-7-4-5-8-16(14)22-13)12-19-20-17(21)9-3-2-6-10-18/h4-5,7-8,11-13H,2-3,6,9-10,18H2,1H3,(H,20,21)/b19-12-/t13-/m1/s1. The molecule has 5 heteroatoms. The van der Waals surface area contributed by atoms with Crippen molar-refractivity contribution in [3.8, 4) is 5.75 Å². The molecule has 1 aromatic carbocycles. The number of rotatable bonds is 7. The lowest BCUT2D eigenvalue weighted by Gasteiger charge is -2.22. The van der Waals surface area contributed by atoms with Gasteiger partial charge in [-0.25, -0.2) is 5.43 Å². The normalized spacial score (nSPS) is 16.8. The monoisotopic (exact) mass is 301 g/mol. The number of nitrogens with zero attached hydrogens (tertiary/aromatic N) is 1. The predicted molar refractivity (Wildman–Crippen MR) is 88.7 cm³/mol. The molecule has 0 saturated carbocycles. The van der Waals surface area contributed by atoms with Crippen molar-refractivity contribution in [1.29, 1.82) is 0 Å². The van der Waals surface area contributed by atoms with E-state index in [1.54, 1.807) is 6.21 Å². The van der Waals surface area contributed by atoms with E-state index in [9.17, 15) is 4.79 Å². The van der Waals surface area contributed by atoms with Gasteiger partial charge in [-0.15, -0.1) is 0 Å². The molecule has 5 nitrogen and oxygen atoms in total. The molecule has 1 amide bonds. The summed E-state index contributed by atoms with van der Waals surface area (Å²) in [5.74, 6) is 0.801. The van der Waals surface area contributed by atoms with Gasteiger partial charge in [-0.05, 0) is 38.5 Å². The minimum atomic E-state index is -0.0832. The molecule has 0 fully saturated rings. The fraction of sp³-hybridized carbons (Fsp3) is 0.412. The molecule has 0 aliphatic carbocycles. The smallest absolute Gasteiger partial charge is 0.240 e. The Kier molecular flexibility index (Phi) is 6.15. The molecule has 22 heavy (non-hydrogen) atoms. The Balaban J connectivity index is 1.85. The topological polar surface area (TPSA) is 76.7 Å². The van der Waals surface area contributed by atoms with Crippen LogP contribution in [-0.2, 0) is 4.79 Å². The van der Waals surface area contributed by atoms with Crippen molar-refractivity contribution >= 4 is 18.2 Å². The number of hydrogen-bond donors (Lipinski definition) is 2. The number of hydrazone groups is 1. The number of benzene rings is 1. The first-order valence-electron chi connectivity index (χ1n) is 7.70. The average molecular weight is 301 g/mol. The molecule has 3 N–H and O–H groups in total. The number of unbranched alkanes of at least 4 members (excludes halogenated alkanes) is 2. The van der Waals surface area contributed by atoms with Gasteiger partial charge in [0.25, 0.3) is 0 Å². The van der Waals surface area contributed by atoms with Crippen molar-refractivity contribution < 1.29 is 9.53 Å². The summed E-state index contributed by atoms with van der Waals surface area (Å²) >= 11 is 0. The van der Waals surface area contributed by atoms with Gasteiger partial charge in [0.1, 0.15) is 11.9 Å². The molecule has 1 aliphatic rings. The summed E-state index contributed by atoms with van der Waals surface area (Å²) in [6, 6.07) is 7.85. The van der Waals surface area contributed by atoms with Crippen LogP contribution < -0.4 is 15.9 Å². The minimum Gasteiger partial charge on any atom is -0.485 e. The number of ether oxygens (including phenoxy) is 1. The van der Waals surface area contributed by atoms with Crippen LogP contribution in [0.2, 0.25) is 0 Å². The lowest BCUT2D eigenvalue weighted by Crippen LogP contribution is -2.22. The van der Waals surface area contributed by atoms with Crippen LogP contribution in [0, 0.1) is 0 Å². The largest absolute Gasteiger partial charge is 0.485 e. The number of nitrogens with two attached hydrogens (primary N) is 1. The van der Waals surface area contributed by atoms with E-state index in [1.165, 1.54) is 0 Å². The highest BCUT2D eigenvalue weighted by atomic mass is 16.5. The number of para-hydroxylation sites is 1. The van der Waals surface area contributed by atoms with Gasteiger partial charge in [0.05, 0.1) is 6.21 Å². The molecule has 1 aliphatic heterocycles. The van der Waals surface area contributed by atoms with Gasteiger partial charge in [-0.3, -0.25) is 4.79 Å². The van der Waals surface area contributed by atoms with E-state index >= 15 is 0 Å². The minimum absolute atomic E-state index is 0.0707. The van der Waals surface area contributed by atoms with E-state index in [0.29, 0.717) is 13.0 Å². The van der Waals surface area contributed by atoms with E-state index < -0.39 is 0 Å². The summed E-state index contributed by atoms with van der Waals surface area (Å²) in [6.07, 6.45) is 6.84. The molecular formula is C17H23N3O2. The molecule has 0 radical (unpaired) electrons. The third kappa shape index (κ3) is 4.70. The Morgan fingerprint density at radius 2 is 2.18 bits per heavy atom. The SMILES string of the molecule is C[C@H]1Oc2ccccc2C=C1/C=N\NC(=O)CCCCCN. The van der Waals surface area contributed by atoms with Gasteiger partial charge >= 0.3 is 0 Å². The second-order valence-electron chi connectivity index (χ2n) is 5.33. The van der Waals surface area contributed by atoms with Crippen LogP contribution in [0.3, 0.4) is 0 Å². The highest BCUT2D eigenvalue weighted by Crippen LogP contribution is 2.28. The van der Waals surface area contributed by atoms with Crippen LogP contribution in [-0.4, -0.2) is 24.8 Å². The van der Waals surface area contributed by atoms with Crippen molar-refractivity contribution in [2.75, 3.05) is 6.54 Å². The maximum atomic E-state index is 11.6. The van der Waals surface area contributed by atoms with Crippen LogP contribution in [0.25, 0.3) is 6.08 Å². The van der Waals surface area contributed by atoms with Gasteiger partial charge < -0.3 is 10.5 Å². The van der Waals surface area contributed by atoms with Crippen LogP contribution in [0.4, 0.5) is 0 Å². The van der Waals surface area contributed by atoms with Gasteiger partial charge in [0, 0.05) is 17.6 Å². The Morgan fingerprint density at radius 3 is 3.00 bits per heavy atom. The maximum Gasteiger partial charge on any atom is 0.240 e. The van der Waals surface area contributed by atoms with Crippen molar-refractivity contribution in [2.45, 2.75) is 38.7 Å². The van der Waals surface area contributed by atoms with Crippen LogP contribution in [0.5, 0.6) is 5.75 Å². The van der Waals surface area contributed by atoms with Crippen LogP contribution >= 0.6 is 0 Å². The van der Waals surface area contributed by atoms with Crippen LogP contribution in [0.15, 0.2) is 34.9 Å². The molecule has 0 saturated heterocycles. The number of hydrogen-bond acceptors (Lipinski definition) is 4. The first-order valence-corrected chi connectivity index (χ1v) is 7.70. The summed E-state index contributed by atoms with van der Waals surface area (Å²) in [5.41, 5.74) is 9.92. The first-order chi connectivity index (χ1) is 10.7. The fourth-order valence-corrected chi connectivity index (χ4v) is 2.25. The van der Waals surface area contributed by atoms with Crippen molar-refractivity contribution in [3.63, 3.8) is 0 Å². The lowest BCUT2D eigenvalue weighted by molar-refractivity contribution is -0.121. The van der Waals surface area contributed by atoms with E-state index in [2.05, 4.69) is 10.5 Å². The molecule has 0 bridgehead atoms. The maximum absolute atomic E-state index is 11.6. The number of amides is 1. The average Bonchev–Trinajstić information content (AvgIpc) is 2.52. The Bertz CT molecular complexity index is 567.